The largest absolute Gasteiger partial charge is 0.454 e. The molecule has 0 radical (unpaired) electrons. The highest BCUT2D eigenvalue weighted by Gasteiger charge is 2.16. The number of carbonyl (C=O) groups is 1. The zero-order chi connectivity index (χ0) is 12.1. The van der Waals surface area contributed by atoms with Crippen LogP contribution in [0.15, 0.2) is 18.2 Å². The maximum Gasteiger partial charge on any atom is 0.231 e. The van der Waals surface area contributed by atoms with Crippen molar-refractivity contribution in [1.29, 1.82) is 0 Å². The number of hydrogen-bond donors (Lipinski definition) is 2. The lowest BCUT2D eigenvalue weighted by atomic mass is 10.2. The molecule has 1 aliphatic rings. The highest BCUT2D eigenvalue weighted by Crippen LogP contribution is 2.35. The first-order chi connectivity index (χ1) is 8.31. The quantitative estimate of drug-likeness (QED) is 0.737. The van der Waals surface area contributed by atoms with E-state index in [0.717, 1.165) is 17.1 Å². The van der Waals surface area contributed by atoms with E-state index >= 15 is 0 Å². The average molecular weight is 236 g/mol. The van der Waals surface area contributed by atoms with Crippen LogP contribution in [0.25, 0.3) is 0 Å². The Balaban J connectivity index is 1.83. The van der Waals surface area contributed by atoms with Crippen LogP contribution < -0.4 is 20.1 Å². The second kappa shape index (κ2) is 5.54. The summed E-state index contributed by atoms with van der Waals surface area (Å²) in [5, 5.41) is 5.78. The molecule has 2 rings (SSSR count). The smallest absolute Gasteiger partial charge is 0.231 e. The molecule has 1 heterocycles. The predicted molar refractivity (Wildman–Crippen MR) is 63.0 cm³/mol. The molecule has 0 unspecified atom stereocenters. The number of hydrogen-bond acceptors (Lipinski definition) is 4. The first kappa shape index (κ1) is 11.7. The van der Waals surface area contributed by atoms with Gasteiger partial charge in [-0.15, -0.1) is 0 Å². The fourth-order valence-electron chi connectivity index (χ4n) is 1.68. The van der Waals surface area contributed by atoms with Crippen molar-refractivity contribution in [3.63, 3.8) is 0 Å². The van der Waals surface area contributed by atoms with Gasteiger partial charge in [0.05, 0.1) is 0 Å². The van der Waals surface area contributed by atoms with Crippen molar-refractivity contribution in [3.05, 3.63) is 23.8 Å². The van der Waals surface area contributed by atoms with Gasteiger partial charge in [0, 0.05) is 32.1 Å². The van der Waals surface area contributed by atoms with Crippen molar-refractivity contribution >= 4 is 5.91 Å². The predicted octanol–water partition coefficient (Wildman–Crippen LogP) is 0.641. The molecule has 1 aliphatic heterocycles. The van der Waals surface area contributed by atoms with Crippen LogP contribution in [-0.4, -0.2) is 26.3 Å². The number of carbonyl (C=O) groups excluding carboxylic acids is 1. The highest BCUT2D eigenvalue weighted by molar-refractivity contribution is 5.75. The lowest BCUT2D eigenvalue weighted by Gasteiger charge is -2.07. The van der Waals surface area contributed by atoms with Crippen molar-refractivity contribution in [2.75, 3.05) is 20.4 Å². The normalized spacial score (nSPS) is 12.5. The number of amides is 1. The number of ether oxygens (including phenoxy) is 2. The molecular formula is C12H16N2O3. The SMILES string of the molecule is CNC(=O)CCNCc1cccc2c1OCO2. The van der Waals surface area contributed by atoms with Gasteiger partial charge in [-0.2, -0.15) is 0 Å². The third-order valence-corrected chi connectivity index (χ3v) is 2.60. The number of para-hydroxylation sites is 1. The van der Waals surface area contributed by atoms with Gasteiger partial charge in [-0.25, -0.2) is 0 Å². The minimum Gasteiger partial charge on any atom is -0.454 e. The van der Waals surface area contributed by atoms with Crippen molar-refractivity contribution < 1.29 is 14.3 Å². The minimum absolute atomic E-state index is 0.0374. The van der Waals surface area contributed by atoms with Crippen LogP contribution in [0.1, 0.15) is 12.0 Å². The zero-order valence-corrected chi connectivity index (χ0v) is 9.79. The number of rotatable bonds is 5. The van der Waals surface area contributed by atoms with E-state index < -0.39 is 0 Å². The summed E-state index contributed by atoms with van der Waals surface area (Å²) in [6, 6.07) is 5.81. The fraction of sp³-hybridized carbons (Fsp3) is 0.417. The summed E-state index contributed by atoms with van der Waals surface area (Å²) < 4.78 is 10.7. The van der Waals surface area contributed by atoms with E-state index in [1.54, 1.807) is 7.05 Å². The molecule has 0 saturated carbocycles. The Kier molecular flexibility index (Phi) is 3.82. The molecule has 0 spiro atoms. The van der Waals surface area contributed by atoms with E-state index in [1.807, 2.05) is 18.2 Å². The Labute approximate surface area is 100 Å². The van der Waals surface area contributed by atoms with Crippen LogP contribution in [0.4, 0.5) is 0 Å². The summed E-state index contributed by atoms with van der Waals surface area (Å²) in [5.74, 6) is 1.63. The molecule has 2 N–H and O–H groups in total. The van der Waals surface area contributed by atoms with E-state index in [1.165, 1.54) is 0 Å². The molecule has 17 heavy (non-hydrogen) atoms. The summed E-state index contributed by atoms with van der Waals surface area (Å²) in [6.07, 6.45) is 0.475. The van der Waals surface area contributed by atoms with Crippen LogP contribution in [0.3, 0.4) is 0 Å². The van der Waals surface area contributed by atoms with Crippen LogP contribution in [0.2, 0.25) is 0 Å². The molecule has 1 aromatic rings. The van der Waals surface area contributed by atoms with Gasteiger partial charge < -0.3 is 20.1 Å². The third kappa shape index (κ3) is 2.88. The van der Waals surface area contributed by atoms with Crippen molar-refractivity contribution in [1.82, 2.24) is 10.6 Å². The van der Waals surface area contributed by atoms with Gasteiger partial charge in [0.2, 0.25) is 12.7 Å². The molecule has 0 fully saturated rings. The topological polar surface area (TPSA) is 59.6 Å². The van der Waals surface area contributed by atoms with Gasteiger partial charge in [-0.1, -0.05) is 12.1 Å². The van der Waals surface area contributed by atoms with Gasteiger partial charge in [0.25, 0.3) is 0 Å². The molecule has 0 atom stereocenters. The summed E-state index contributed by atoms with van der Waals surface area (Å²) in [4.78, 5) is 11.0. The van der Waals surface area contributed by atoms with E-state index in [2.05, 4.69) is 10.6 Å². The Morgan fingerprint density at radius 3 is 3.12 bits per heavy atom. The van der Waals surface area contributed by atoms with Crippen LogP contribution in [-0.2, 0) is 11.3 Å². The van der Waals surface area contributed by atoms with Gasteiger partial charge in [-0.05, 0) is 6.07 Å². The summed E-state index contributed by atoms with van der Waals surface area (Å²) in [6.45, 7) is 1.60. The lowest BCUT2D eigenvalue weighted by molar-refractivity contribution is -0.120. The van der Waals surface area contributed by atoms with Gasteiger partial charge >= 0.3 is 0 Å². The number of benzene rings is 1. The monoisotopic (exact) mass is 236 g/mol. The zero-order valence-electron chi connectivity index (χ0n) is 9.79. The fourth-order valence-corrected chi connectivity index (χ4v) is 1.68. The van der Waals surface area contributed by atoms with Gasteiger partial charge in [0.15, 0.2) is 11.5 Å². The molecule has 1 amide bonds. The van der Waals surface area contributed by atoms with Crippen LogP contribution in [0.5, 0.6) is 11.5 Å². The first-order valence-electron chi connectivity index (χ1n) is 5.60. The molecule has 0 aromatic heterocycles. The van der Waals surface area contributed by atoms with Crippen LogP contribution >= 0.6 is 0 Å². The molecule has 0 saturated heterocycles. The maximum atomic E-state index is 11.0. The molecule has 1 aromatic carbocycles. The third-order valence-electron chi connectivity index (χ3n) is 2.60. The highest BCUT2D eigenvalue weighted by atomic mass is 16.7. The Morgan fingerprint density at radius 1 is 1.41 bits per heavy atom. The molecule has 0 bridgehead atoms. The molecule has 0 aliphatic carbocycles. The van der Waals surface area contributed by atoms with Gasteiger partial charge in [0.1, 0.15) is 0 Å². The van der Waals surface area contributed by atoms with Crippen molar-refractivity contribution in [3.8, 4) is 11.5 Å². The first-order valence-corrected chi connectivity index (χ1v) is 5.60. The maximum absolute atomic E-state index is 11.0. The minimum atomic E-state index is 0.0374. The summed E-state index contributed by atoms with van der Waals surface area (Å²) in [7, 11) is 1.64. The molecular weight excluding hydrogens is 220 g/mol. The summed E-state index contributed by atoms with van der Waals surface area (Å²) in [5.41, 5.74) is 1.05. The molecule has 5 nitrogen and oxygen atoms in total. The average Bonchev–Trinajstić information content (AvgIpc) is 2.83. The van der Waals surface area contributed by atoms with Gasteiger partial charge in [-0.3, -0.25) is 4.79 Å². The van der Waals surface area contributed by atoms with E-state index in [0.29, 0.717) is 19.5 Å². The number of fused-ring (bicyclic) bond motifs is 1. The summed E-state index contributed by atoms with van der Waals surface area (Å²) >= 11 is 0. The standard InChI is InChI=1S/C12H16N2O3/c1-13-11(15)5-6-14-7-9-3-2-4-10-12(9)17-8-16-10/h2-4,14H,5-8H2,1H3,(H,13,15). The number of nitrogens with one attached hydrogen (secondary N) is 2. The Hall–Kier alpha value is -1.75. The van der Waals surface area contributed by atoms with Crippen LogP contribution in [0, 0.1) is 0 Å². The Morgan fingerprint density at radius 2 is 2.29 bits per heavy atom. The van der Waals surface area contributed by atoms with E-state index in [4.69, 9.17) is 9.47 Å². The molecule has 92 valence electrons. The lowest BCUT2D eigenvalue weighted by Crippen LogP contribution is -2.24. The second-order valence-corrected chi connectivity index (χ2v) is 3.75. The van der Waals surface area contributed by atoms with E-state index in [9.17, 15) is 4.79 Å². The second-order valence-electron chi connectivity index (χ2n) is 3.75. The van der Waals surface area contributed by atoms with Crippen molar-refractivity contribution in [2.45, 2.75) is 13.0 Å². The molecule has 5 heteroatoms. The van der Waals surface area contributed by atoms with E-state index in [-0.39, 0.29) is 12.7 Å². The Bertz CT molecular complexity index is 407. The van der Waals surface area contributed by atoms with Crippen molar-refractivity contribution in [2.24, 2.45) is 0 Å².